The normalized spacial score (nSPS) is 18.4. The van der Waals surface area contributed by atoms with Gasteiger partial charge in [0.1, 0.15) is 16.4 Å². The van der Waals surface area contributed by atoms with Crippen LogP contribution in [0, 0.1) is 12.7 Å². The van der Waals surface area contributed by atoms with Crippen molar-refractivity contribution in [2.24, 2.45) is 0 Å². The van der Waals surface area contributed by atoms with Crippen LogP contribution in [0.3, 0.4) is 0 Å². The van der Waals surface area contributed by atoms with E-state index >= 15 is 0 Å². The second-order valence-corrected chi connectivity index (χ2v) is 9.37. The highest BCUT2D eigenvalue weighted by molar-refractivity contribution is 7.89. The van der Waals surface area contributed by atoms with Crippen molar-refractivity contribution in [1.29, 1.82) is 0 Å². The second kappa shape index (κ2) is 8.31. The fourth-order valence-electron chi connectivity index (χ4n) is 3.98. The molecule has 30 heavy (non-hydrogen) atoms. The van der Waals surface area contributed by atoms with Crippen molar-refractivity contribution in [3.8, 4) is 11.3 Å². The lowest BCUT2D eigenvalue weighted by Gasteiger charge is -2.27. The Kier molecular flexibility index (Phi) is 5.75. The van der Waals surface area contributed by atoms with Crippen LogP contribution in [0.2, 0.25) is 0 Å². The molecule has 0 unspecified atom stereocenters. The molecule has 7 nitrogen and oxygen atoms in total. The van der Waals surface area contributed by atoms with Gasteiger partial charge in [0.2, 0.25) is 10.0 Å². The lowest BCUT2D eigenvalue weighted by Crippen LogP contribution is -2.35. The molecule has 0 amide bonds. The first-order chi connectivity index (χ1) is 14.4. The third-order valence-electron chi connectivity index (χ3n) is 5.64. The molecular weight excluding hydrogens is 407 g/mol. The summed E-state index contributed by atoms with van der Waals surface area (Å²) in [6.07, 6.45) is 4.72. The second-order valence-electron chi connectivity index (χ2n) is 7.51. The Morgan fingerprint density at radius 3 is 2.67 bits per heavy atom. The van der Waals surface area contributed by atoms with Crippen molar-refractivity contribution >= 4 is 10.0 Å². The lowest BCUT2D eigenvalue weighted by molar-refractivity contribution is 0.259. The summed E-state index contributed by atoms with van der Waals surface area (Å²) in [6.45, 7) is 4.72. The minimum atomic E-state index is -3.75. The molecule has 160 valence electrons. The molecular formula is C21H25FN4O3S. The largest absolute Gasteiger partial charge is 0.359 e. The van der Waals surface area contributed by atoms with Crippen molar-refractivity contribution in [1.82, 2.24) is 19.2 Å². The monoisotopic (exact) mass is 432 g/mol. The van der Waals surface area contributed by atoms with E-state index in [2.05, 4.69) is 10.3 Å². The molecule has 1 aromatic carbocycles. The van der Waals surface area contributed by atoms with Gasteiger partial charge in [-0.3, -0.25) is 4.68 Å². The van der Waals surface area contributed by atoms with Gasteiger partial charge in [-0.25, -0.2) is 12.8 Å². The number of rotatable bonds is 5. The number of hydrogen-bond acceptors (Lipinski definition) is 5. The molecule has 4 rings (SSSR count). The molecule has 1 aliphatic rings. The van der Waals surface area contributed by atoms with Gasteiger partial charge >= 0.3 is 0 Å². The quantitative estimate of drug-likeness (QED) is 0.600. The van der Waals surface area contributed by atoms with Gasteiger partial charge in [0, 0.05) is 24.7 Å². The highest BCUT2D eigenvalue weighted by atomic mass is 32.2. The van der Waals surface area contributed by atoms with Gasteiger partial charge in [-0.15, -0.1) is 0 Å². The number of aromatic nitrogens is 3. The zero-order chi connectivity index (χ0) is 21.3. The number of aryl methyl sites for hydroxylation is 1. The average molecular weight is 433 g/mol. The van der Waals surface area contributed by atoms with Crippen LogP contribution in [0.4, 0.5) is 4.39 Å². The minimum Gasteiger partial charge on any atom is -0.359 e. The maximum Gasteiger partial charge on any atom is 0.247 e. The van der Waals surface area contributed by atoms with Gasteiger partial charge in [0.25, 0.3) is 0 Å². The van der Waals surface area contributed by atoms with Crippen LogP contribution >= 0.6 is 0 Å². The van der Waals surface area contributed by atoms with Crippen molar-refractivity contribution in [2.45, 2.75) is 57.0 Å². The number of hydrogen-bond donors (Lipinski definition) is 0. The molecule has 1 atom stereocenters. The Labute approximate surface area is 175 Å². The SMILES string of the molecule is CCn1ncc(S(=O)(=O)N2CCCCC[C@@H]2c2cc(-c3ccc(F)cc3)no2)c1C. The first kappa shape index (κ1) is 20.7. The summed E-state index contributed by atoms with van der Waals surface area (Å²) in [5.74, 6) is 0.173. The molecule has 1 saturated heterocycles. The topological polar surface area (TPSA) is 81.2 Å². The molecule has 0 bridgehead atoms. The third kappa shape index (κ3) is 3.79. The van der Waals surface area contributed by atoms with Crippen LogP contribution in [0.25, 0.3) is 11.3 Å². The Hall–Kier alpha value is -2.52. The molecule has 3 aromatic rings. The Bertz CT molecular complexity index is 1120. The van der Waals surface area contributed by atoms with Gasteiger partial charge in [-0.2, -0.15) is 9.40 Å². The molecule has 3 heterocycles. The van der Waals surface area contributed by atoms with Gasteiger partial charge in [-0.05, 0) is 51.0 Å². The van der Waals surface area contributed by atoms with Gasteiger partial charge in [0.15, 0.2) is 5.76 Å². The van der Waals surface area contributed by atoms with Crippen LogP contribution in [-0.4, -0.2) is 34.2 Å². The summed E-state index contributed by atoms with van der Waals surface area (Å²) in [4.78, 5) is 0.231. The molecule has 1 fully saturated rings. The van der Waals surface area contributed by atoms with E-state index in [4.69, 9.17) is 4.52 Å². The van der Waals surface area contributed by atoms with Crippen molar-refractivity contribution in [2.75, 3.05) is 6.54 Å². The average Bonchev–Trinajstić information content (AvgIpc) is 3.28. The van der Waals surface area contributed by atoms with E-state index in [1.54, 1.807) is 29.8 Å². The maximum atomic E-state index is 13.6. The Morgan fingerprint density at radius 2 is 1.97 bits per heavy atom. The number of sulfonamides is 1. The van der Waals surface area contributed by atoms with E-state index in [1.165, 1.54) is 22.6 Å². The predicted molar refractivity (Wildman–Crippen MR) is 110 cm³/mol. The van der Waals surface area contributed by atoms with E-state index in [0.29, 0.717) is 36.7 Å². The van der Waals surface area contributed by atoms with Crippen LogP contribution in [-0.2, 0) is 16.6 Å². The summed E-state index contributed by atoms with van der Waals surface area (Å²) in [7, 11) is -3.75. The van der Waals surface area contributed by atoms with E-state index in [-0.39, 0.29) is 10.7 Å². The lowest BCUT2D eigenvalue weighted by atomic mass is 10.1. The standard InChI is InChI=1S/C21H25FN4O3S/c1-3-25-15(2)21(14-23-25)30(27,28)26-12-6-4-5-7-19(26)20-13-18(24-29-20)16-8-10-17(22)11-9-16/h8-11,13-14,19H,3-7,12H2,1-2H3/t19-/m1/s1. The molecule has 0 spiro atoms. The van der Waals surface area contributed by atoms with Crippen LogP contribution in [0.15, 0.2) is 45.9 Å². The molecule has 1 aliphatic heterocycles. The fraction of sp³-hybridized carbons (Fsp3) is 0.429. The molecule has 2 aromatic heterocycles. The molecule has 0 radical (unpaired) electrons. The molecule has 9 heteroatoms. The first-order valence-electron chi connectivity index (χ1n) is 10.2. The minimum absolute atomic E-state index is 0.231. The predicted octanol–water partition coefficient (Wildman–Crippen LogP) is 4.31. The van der Waals surface area contributed by atoms with E-state index < -0.39 is 16.1 Å². The highest BCUT2D eigenvalue weighted by Gasteiger charge is 2.37. The summed E-state index contributed by atoms with van der Waals surface area (Å²) < 4.78 is 49.1. The van der Waals surface area contributed by atoms with E-state index in [9.17, 15) is 12.8 Å². The maximum absolute atomic E-state index is 13.6. The molecule has 0 saturated carbocycles. The van der Waals surface area contributed by atoms with Gasteiger partial charge in [0.05, 0.1) is 17.9 Å². The van der Waals surface area contributed by atoms with E-state index in [1.807, 2.05) is 6.92 Å². The first-order valence-corrected chi connectivity index (χ1v) is 11.6. The number of halogens is 1. The van der Waals surface area contributed by atoms with Crippen molar-refractivity contribution in [3.05, 3.63) is 53.8 Å². The fourth-order valence-corrected chi connectivity index (χ4v) is 5.81. The third-order valence-corrected chi connectivity index (χ3v) is 7.66. The number of benzene rings is 1. The summed E-state index contributed by atoms with van der Waals surface area (Å²) in [6, 6.07) is 7.29. The summed E-state index contributed by atoms with van der Waals surface area (Å²) in [5.41, 5.74) is 1.90. The van der Waals surface area contributed by atoms with Gasteiger partial charge < -0.3 is 4.52 Å². The van der Waals surface area contributed by atoms with Crippen LogP contribution in [0.5, 0.6) is 0 Å². The summed E-state index contributed by atoms with van der Waals surface area (Å²) in [5, 5.41) is 8.32. The summed E-state index contributed by atoms with van der Waals surface area (Å²) >= 11 is 0. The zero-order valence-corrected chi connectivity index (χ0v) is 17.9. The Balaban J connectivity index is 1.70. The van der Waals surface area contributed by atoms with Crippen molar-refractivity contribution in [3.63, 3.8) is 0 Å². The van der Waals surface area contributed by atoms with Crippen molar-refractivity contribution < 1.29 is 17.3 Å². The molecule has 0 N–H and O–H groups in total. The van der Waals surface area contributed by atoms with Crippen LogP contribution in [0.1, 0.15) is 50.1 Å². The Morgan fingerprint density at radius 1 is 1.20 bits per heavy atom. The zero-order valence-electron chi connectivity index (χ0n) is 17.1. The molecule has 0 aliphatic carbocycles. The van der Waals surface area contributed by atoms with Crippen LogP contribution < -0.4 is 0 Å². The van der Waals surface area contributed by atoms with E-state index in [0.717, 1.165) is 24.8 Å². The number of nitrogens with zero attached hydrogens (tertiary/aromatic N) is 4. The van der Waals surface area contributed by atoms with Gasteiger partial charge in [-0.1, -0.05) is 18.0 Å². The smallest absolute Gasteiger partial charge is 0.247 e. The highest BCUT2D eigenvalue weighted by Crippen LogP contribution is 2.36.